The summed E-state index contributed by atoms with van der Waals surface area (Å²) in [5, 5.41) is 3.20. The summed E-state index contributed by atoms with van der Waals surface area (Å²) in [7, 11) is -0.869. The molecule has 0 saturated heterocycles. The van der Waals surface area contributed by atoms with Gasteiger partial charge in [-0.3, -0.25) is 4.79 Å². The summed E-state index contributed by atoms with van der Waals surface area (Å²) >= 11 is 0. The van der Waals surface area contributed by atoms with Gasteiger partial charge in [0.15, 0.2) is 0 Å². The second kappa shape index (κ2) is 8.00. The lowest BCUT2D eigenvalue weighted by molar-refractivity contribution is -0.121. The van der Waals surface area contributed by atoms with Gasteiger partial charge in [-0.1, -0.05) is 6.07 Å². The van der Waals surface area contributed by atoms with Crippen molar-refractivity contribution in [1.82, 2.24) is 10.0 Å². The Bertz CT molecular complexity index is 919. The Morgan fingerprint density at radius 2 is 1.77 bits per heavy atom. The fraction of sp³-hybridized carbons (Fsp3) is 0.609. The quantitative estimate of drug-likeness (QED) is 0.647. The molecule has 0 aromatic heterocycles. The molecule has 1 unspecified atom stereocenters. The highest BCUT2D eigenvalue weighted by molar-refractivity contribution is 7.89. The predicted molar refractivity (Wildman–Crippen MR) is 116 cm³/mol. The number of rotatable bonds is 7. The number of amides is 1. The van der Waals surface area contributed by atoms with Gasteiger partial charge in [0, 0.05) is 12.1 Å². The van der Waals surface area contributed by atoms with E-state index in [0.29, 0.717) is 5.56 Å². The van der Waals surface area contributed by atoms with Crippen molar-refractivity contribution < 1.29 is 17.9 Å². The van der Waals surface area contributed by atoms with Crippen LogP contribution in [0, 0.1) is 23.2 Å². The van der Waals surface area contributed by atoms with Crippen molar-refractivity contribution in [2.45, 2.75) is 56.4 Å². The second-order valence-corrected chi connectivity index (χ2v) is 11.3. The van der Waals surface area contributed by atoms with Crippen molar-refractivity contribution in [3.05, 3.63) is 29.8 Å². The molecule has 4 saturated carbocycles. The number of hydrogen-bond acceptors (Lipinski definition) is 4. The van der Waals surface area contributed by atoms with Crippen molar-refractivity contribution in [2.24, 2.45) is 23.2 Å². The lowest BCUT2D eigenvalue weighted by Crippen LogP contribution is -2.55. The molecule has 1 amide bonds. The predicted octanol–water partition coefficient (Wildman–Crippen LogP) is 3.34. The SMILES string of the molecule is CNS(=O)(=O)c1cc(/C=C/C(=O)NC(C)C23CC4CC(CC(C4)C2)C3)ccc1OC. The van der Waals surface area contributed by atoms with E-state index in [-0.39, 0.29) is 28.0 Å². The second-order valence-electron chi connectivity index (χ2n) is 9.46. The fourth-order valence-electron chi connectivity index (χ4n) is 6.41. The first-order chi connectivity index (χ1) is 14.2. The van der Waals surface area contributed by atoms with Gasteiger partial charge in [-0.05, 0) is 99.4 Å². The summed E-state index contributed by atoms with van der Waals surface area (Å²) in [5.74, 6) is 2.67. The summed E-state index contributed by atoms with van der Waals surface area (Å²) in [6.07, 6.45) is 11.0. The first kappa shape index (κ1) is 21.4. The first-order valence-electron chi connectivity index (χ1n) is 10.8. The van der Waals surface area contributed by atoms with E-state index in [1.54, 1.807) is 18.2 Å². The molecular weight excluding hydrogens is 400 g/mol. The molecule has 6 nitrogen and oxygen atoms in total. The number of carbonyl (C=O) groups is 1. The van der Waals surface area contributed by atoms with E-state index in [1.807, 2.05) is 0 Å². The average Bonchev–Trinajstić information content (AvgIpc) is 2.71. The Hall–Kier alpha value is -1.86. The Morgan fingerprint density at radius 1 is 1.17 bits per heavy atom. The normalized spacial score (nSPS) is 31.1. The van der Waals surface area contributed by atoms with E-state index in [0.717, 1.165) is 17.8 Å². The van der Waals surface area contributed by atoms with E-state index < -0.39 is 10.0 Å². The number of benzene rings is 1. The smallest absolute Gasteiger partial charge is 0.244 e. The maximum Gasteiger partial charge on any atom is 0.244 e. The van der Waals surface area contributed by atoms with Crippen LogP contribution >= 0.6 is 0 Å². The molecule has 4 fully saturated rings. The van der Waals surface area contributed by atoms with Gasteiger partial charge in [-0.2, -0.15) is 0 Å². The van der Waals surface area contributed by atoms with E-state index in [2.05, 4.69) is 17.0 Å². The third-order valence-electron chi connectivity index (χ3n) is 7.54. The topological polar surface area (TPSA) is 84.5 Å². The molecule has 0 aliphatic heterocycles. The standard InChI is InChI=1S/C23H32N2O4S/c1-15(23-12-17-8-18(13-23)10-19(9-17)14-23)25-22(26)7-5-16-4-6-20(29-3)21(11-16)30(27,28)24-2/h4-7,11,15,17-19,24H,8-10,12-14H2,1-3H3,(H,25,26)/b7-5+. The number of hydrogen-bond donors (Lipinski definition) is 2. The molecule has 0 heterocycles. The van der Waals surface area contributed by atoms with Gasteiger partial charge < -0.3 is 10.1 Å². The highest BCUT2D eigenvalue weighted by Gasteiger charge is 2.53. The largest absolute Gasteiger partial charge is 0.495 e. The van der Waals surface area contributed by atoms with Crippen LogP contribution in [0.2, 0.25) is 0 Å². The molecule has 0 radical (unpaired) electrons. The van der Waals surface area contributed by atoms with E-state index in [1.165, 1.54) is 64.8 Å². The molecule has 5 rings (SSSR count). The first-order valence-corrected chi connectivity index (χ1v) is 12.3. The van der Waals surface area contributed by atoms with Crippen LogP contribution in [-0.4, -0.2) is 34.5 Å². The zero-order chi connectivity index (χ0) is 21.5. The number of nitrogens with one attached hydrogen (secondary N) is 2. The van der Waals surface area contributed by atoms with Gasteiger partial charge in [-0.15, -0.1) is 0 Å². The highest BCUT2D eigenvalue weighted by atomic mass is 32.2. The van der Waals surface area contributed by atoms with Gasteiger partial charge in [0.2, 0.25) is 15.9 Å². The Labute approximate surface area is 179 Å². The Morgan fingerprint density at radius 3 is 2.30 bits per heavy atom. The Kier molecular flexibility index (Phi) is 5.70. The lowest BCUT2D eigenvalue weighted by atomic mass is 9.48. The minimum absolute atomic E-state index is 0.0528. The molecular formula is C23H32N2O4S. The maximum atomic E-state index is 12.6. The van der Waals surface area contributed by atoms with Gasteiger partial charge >= 0.3 is 0 Å². The zero-order valence-corrected chi connectivity index (χ0v) is 18.8. The van der Waals surface area contributed by atoms with Crippen LogP contribution in [0.15, 0.2) is 29.2 Å². The van der Waals surface area contributed by atoms with Crippen LogP contribution in [0.25, 0.3) is 6.08 Å². The minimum atomic E-state index is -3.66. The molecule has 4 aliphatic rings. The molecule has 7 heteroatoms. The Balaban J connectivity index is 1.45. The van der Waals surface area contributed by atoms with Crippen molar-refractivity contribution in [3.8, 4) is 5.75 Å². The third-order valence-corrected chi connectivity index (χ3v) is 8.97. The number of methoxy groups -OCH3 is 1. The highest BCUT2D eigenvalue weighted by Crippen LogP contribution is 2.61. The lowest BCUT2D eigenvalue weighted by Gasteiger charge is -2.59. The van der Waals surface area contributed by atoms with E-state index >= 15 is 0 Å². The molecule has 4 bridgehead atoms. The monoisotopic (exact) mass is 432 g/mol. The van der Waals surface area contributed by atoms with Gasteiger partial charge in [-0.25, -0.2) is 13.1 Å². The fourth-order valence-corrected chi connectivity index (χ4v) is 7.34. The number of carbonyl (C=O) groups excluding carboxylic acids is 1. The van der Waals surface area contributed by atoms with Crippen LogP contribution in [0.3, 0.4) is 0 Å². The molecule has 1 aromatic carbocycles. The van der Waals surface area contributed by atoms with Crippen molar-refractivity contribution in [3.63, 3.8) is 0 Å². The van der Waals surface area contributed by atoms with Gasteiger partial charge in [0.05, 0.1) is 7.11 Å². The molecule has 2 N–H and O–H groups in total. The van der Waals surface area contributed by atoms with Crippen LogP contribution in [-0.2, 0) is 14.8 Å². The van der Waals surface area contributed by atoms with Crippen LogP contribution < -0.4 is 14.8 Å². The summed E-state index contributed by atoms with van der Waals surface area (Å²) in [6.45, 7) is 2.16. The minimum Gasteiger partial charge on any atom is -0.495 e. The summed E-state index contributed by atoms with van der Waals surface area (Å²) in [4.78, 5) is 12.7. The summed E-state index contributed by atoms with van der Waals surface area (Å²) in [6, 6.07) is 5.00. The maximum absolute atomic E-state index is 12.6. The molecule has 164 valence electrons. The average molecular weight is 433 g/mol. The zero-order valence-electron chi connectivity index (χ0n) is 18.0. The third kappa shape index (κ3) is 4.02. The molecule has 4 aliphatic carbocycles. The molecule has 0 spiro atoms. The van der Waals surface area contributed by atoms with E-state index in [4.69, 9.17) is 4.74 Å². The molecule has 1 aromatic rings. The van der Waals surface area contributed by atoms with Crippen molar-refractivity contribution in [2.75, 3.05) is 14.2 Å². The van der Waals surface area contributed by atoms with Crippen LogP contribution in [0.4, 0.5) is 0 Å². The van der Waals surface area contributed by atoms with Gasteiger partial charge in [0.1, 0.15) is 10.6 Å². The molecule has 30 heavy (non-hydrogen) atoms. The number of sulfonamides is 1. The molecule has 1 atom stereocenters. The summed E-state index contributed by atoms with van der Waals surface area (Å²) in [5.41, 5.74) is 0.883. The van der Waals surface area contributed by atoms with Crippen LogP contribution in [0.5, 0.6) is 5.75 Å². The summed E-state index contributed by atoms with van der Waals surface area (Å²) < 4.78 is 31.9. The van der Waals surface area contributed by atoms with E-state index in [9.17, 15) is 13.2 Å². The van der Waals surface area contributed by atoms with Crippen LogP contribution in [0.1, 0.15) is 51.0 Å². The van der Waals surface area contributed by atoms with Crippen molar-refractivity contribution >= 4 is 22.0 Å². The number of ether oxygens (including phenoxy) is 1. The van der Waals surface area contributed by atoms with Gasteiger partial charge in [0.25, 0.3) is 0 Å². The van der Waals surface area contributed by atoms with Crippen molar-refractivity contribution in [1.29, 1.82) is 0 Å².